The summed E-state index contributed by atoms with van der Waals surface area (Å²) in [4.78, 5) is 35.5. The summed E-state index contributed by atoms with van der Waals surface area (Å²) in [7, 11) is 1.42. The van der Waals surface area contributed by atoms with Crippen molar-refractivity contribution in [1.82, 2.24) is 10.9 Å². The minimum Gasteiger partial charge on any atom is -0.496 e. The van der Waals surface area contributed by atoms with E-state index >= 15 is 0 Å². The predicted molar refractivity (Wildman–Crippen MR) is 95.8 cm³/mol. The standard InChI is InChI=1S/C18H23ClN2O5/c1-25-15-8-7-13(19)10-14(15)18(24)21-20-16(22)11-26-17(23)9-6-12-4-2-3-5-12/h7-8,10,12H,2-6,9,11H2,1H3,(H,20,22)(H,21,24). The normalized spacial score (nSPS) is 13.9. The molecule has 1 aromatic carbocycles. The van der Waals surface area contributed by atoms with Gasteiger partial charge in [-0.2, -0.15) is 0 Å². The molecule has 26 heavy (non-hydrogen) atoms. The molecule has 1 aliphatic rings. The van der Waals surface area contributed by atoms with Crippen LogP contribution in [0.25, 0.3) is 0 Å². The Morgan fingerprint density at radius 2 is 1.92 bits per heavy atom. The second-order valence-corrected chi connectivity index (χ2v) is 6.63. The van der Waals surface area contributed by atoms with Crippen LogP contribution in [0, 0.1) is 5.92 Å². The van der Waals surface area contributed by atoms with Gasteiger partial charge in [0.1, 0.15) is 5.75 Å². The lowest BCUT2D eigenvalue weighted by Gasteiger charge is -2.11. The summed E-state index contributed by atoms with van der Waals surface area (Å²) in [5.41, 5.74) is 4.60. The maximum atomic E-state index is 12.1. The summed E-state index contributed by atoms with van der Waals surface area (Å²) in [5.74, 6) is -0.725. The van der Waals surface area contributed by atoms with E-state index in [0.29, 0.717) is 23.1 Å². The Morgan fingerprint density at radius 3 is 2.62 bits per heavy atom. The number of hydrogen-bond donors (Lipinski definition) is 2. The largest absolute Gasteiger partial charge is 0.496 e. The summed E-state index contributed by atoms with van der Waals surface area (Å²) in [6.07, 6.45) is 5.87. The first-order valence-electron chi connectivity index (χ1n) is 8.58. The van der Waals surface area contributed by atoms with E-state index in [9.17, 15) is 14.4 Å². The van der Waals surface area contributed by atoms with Gasteiger partial charge in [-0.15, -0.1) is 0 Å². The summed E-state index contributed by atoms with van der Waals surface area (Å²) in [6.45, 7) is -0.448. The third-order valence-corrected chi connectivity index (χ3v) is 4.55. The van der Waals surface area contributed by atoms with Gasteiger partial charge in [0.05, 0.1) is 12.7 Å². The lowest BCUT2D eigenvalue weighted by Crippen LogP contribution is -2.43. The van der Waals surface area contributed by atoms with Gasteiger partial charge in [0, 0.05) is 11.4 Å². The number of hydrogen-bond acceptors (Lipinski definition) is 5. The highest BCUT2D eigenvalue weighted by Crippen LogP contribution is 2.28. The van der Waals surface area contributed by atoms with Gasteiger partial charge >= 0.3 is 5.97 Å². The number of benzene rings is 1. The highest BCUT2D eigenvalue weighted by molar-refractivity contribution is 6.31. The van der Waals surface area contributed by atoms with E-state index in [1.807, 2.05) is 0 Å². The van der Waals surface area contributed by atoms with Crippen molar-refractivity contribution in [2.45, 2.75) is 38.5 Å². The van der Waals surface area contributed by atoms with Crippen molar-refractivity contribution < 1.29 is 23.9 Å². The van der Waals surface area contributed by atoms with Crippen molar-refractivity contribution in [3.63, 3.8) is 0 Å². The molecule has 0 spiro atoms. The van der Waals surface area contributed by atoms with E-state index in [4.69, 9.17) is 21.1 Å². The molecule has 7 nitrogen and oxygen atoms in total. The van der Waals surface area contributed by atoms with Crippen LogP contribution in [0.15, 0.2) is 18.2 Å². The number of halogens is 1. The van der Waals surface area contributed by atoms with E-state index in [0.717, 1.165) is 19.3 Å². The molecule has 8 heteroatoms. The molecular formula is C18H23ClN2O5. The van der Waals surface area contributed by atoms with Gasteiger partial charge < -0.3 is 9.47 Å². The molecule has 2 N–H and O–H groups in total. The molecule has 142 valence electrons. The van der Waals surface area contributed by atoms with E-state index < -0.39 is 24.4 Å². The molecule has 0 aromatic heterocycles. The molecule has 0 aliphatic heterocycles. The minimum absolute atomic E-state index is 0.175. The fraction of sp³-hybridized carbons (Fsp3) is 0.500. The van der Waals surface area contributed by atoms with Crippen LogP contribution in [0.3, 0.4) is 0 Å². The van der Waals surface area contributed by atoms with Crippen LogP contribution in [0.4, 0.5) is 0 Å². The van der Waals surface area contributed by atoms with Crippen LogP contribution >= 0.6 is 11.6 Å². The van der Waals surface area contributed by atoms with Crippen molar-refractivity contribution in [3.05, 3.63) is 28.8 Å². The van der Waals surface area contributed by atoms with Crippen molar-refractivity contribution in [2.75, 3.05) is 13.7 Å². The molecule has 0 atom stereocenters. The molecule has 1 fully saturated rings. The number of hydrazine groups is 1. The monoisotopic (exact) mass is 382 g/mol. The zero-order chi connectivity index (χ0) is 18.9. The van der Waals surface area contributed by atoms with E-state index in [-0.39, 0.29) is 5.56 Å². The second kappa shape index (κ2) is 10.0. The van der Waals surface area contributed by atoms with Crippen LogP contribution in [0.2, 0.25) is 5.02 Å². The Labute approximate surface area is 157 Å². The van der Waals surface area contributed by atoms with E-state index in [1.54, 1.807) is 12.1 Å². The predicted octanol–water partition coefficient (Wildman–Crippen LogP) is 2.62. The van der Waals surface area contributed by atoms with Crippen LogP contribution in [-0.2, 0) is 14.3 Å². The van der Waals surface area contributed by atoms with Crippen molar-refractivity contribution >= 4 is 29.4 Å². The van der Waals surface area contributed by atoms with Gasteiger partial charge in [-0.1, -0.05) is 37.3 Å². The highest BCUT2D eigenvalue weighted by Gasteiger charge is 2.17. The second-order valence-electron chi connectivity index (χ2n) is 6.20. The lowest BCUT2D eigenvalue weighted by molar-refractivity contribution is -0.149. The molecule has 0 heterocycles. The highest BCUT2D eigenvalue weighted by atomic mass is 35.5. The van der Waals surface area contributed by atoms with Gasteiger partial charge in [0.25, 0.3) is 11.8 Å². The number of carbonyl (C=O) groups excluding carboxylic acids is 3. The first-order valence-corrected chi connectivity index (χ1v) is 8.95. The van der Waals surface area contributed by atoms with Crippen LogP contribution in [-0.4, -0.2) is 31.5 Å². The molecule has 2 amide bonds. The minimum atomic E-state index is -0.631. The molecule has 0 saturated heterocycles. The van der Waals surface area contributed by atoms with E-state index in [2.05, 4.69) is 10.9 Å². The summed E-state index contributed by atoms with van der Waals surface area (Å²) in [6, 6.07) is 4.55. The van der Waals surface area contributed by atoms with Crippen LogP contribution in [0.5, 0.6) is 5.75 Å². The summed E-state index contributed by atoms with van der Waals surface area (Å²) >= 11 is 5.86. The van der Waals surface area contributed by atoms with Gasteiger partial charge in [0.2, 0.25) is 0 Å². The van der Waals surface area contributed by atoms with Gasteiger partial charge in [-0.3, -0.25) is 25.2 Å². The number of amides is 2. The van der Waals surface area contributed by atoms with Gasteiger partial charge in [0.15, 0.2) is 6.61 Å². The Hall–Kier alpha value is -2.28. The molecule has 1 aromatic rings. The molecular weight excluding hydrogens is 360 g/mol. The first-order chi connectivity index (χ1) is 12.5. The zero-order valence-electron chi connectivity index (χ0n) is 14.7. The third-order valence-electron chi connectivity index (χ3n) is 4.32. The zero-order valence-corrected chi connectivity index (χ0v) is 15.4. The maximum absolute atomic E-state index is 12.1. The summed E-state index contributed by atoms with van der Waals surface area (Å²) in [5, 5.41) is 0.360. The Morgan fingerprint density at radius 1 is 1.19 bits per heavy atom. The Bertz CT molecular complexity index is 659. The fourth-order valence-corrected chi connectivity index (χ4v) is 3.10. The average molecular weight is 383 g/mol. The fourth-order valence-electron chi connectivity index (χ4n) is 2.93. The molecule has 0 radical (unpaired) electrons. The third kappa shape index (κ3) is 6.22. The van der Waals surface area contributed by atoms with Crippen molar-refractivity contribution in [3.8, 4) is 5.75 Å². The number of rotatable bonds is 7. The SMILES string of the molecule is COc1ccc(Cl)cc1C(=O)NNC(=O)COC(=O)CCC1CCCC1. The van der Waals surface area contributed by atoms with E-state index in [1.165, 1.54) is 26.0 Å². The molecule has 1 saturated carbocycles. The van der Waals surface area contributed by atoms with Crippen molar-refractivity contribution in [2.24, 2.45) is 5.92 Å². The van der Waals surface area contributed by atoms with Gasteiger partial charge in [-0.05, 0) is 30.5 Å². The molecule has 2 rings (SSSR count). The number of methoxy groups -OCH3 is 1. The number of carbonyl (C=O) groups is 3. The molecule has 0 unspecified atom stereocenters. The van der Waals surface area contributed by atoms with Crippen molar-refractivity contribution in [1.29, 1.82) is 0 Å². The van der Waals surface area contributed by atoms with Crippen LogP contribution in [0.1, 0.15) is 48.9 Å². The Kier molecular flexibility index (Phi) is 7.72. The maximum Gasteiger partial charge on any atom is 0.306 e. The molecule has 1 aliphatic carbocycles. The number of ether oxygens (including phenoxy) is 2. The summed E-state index contributed by atoms with van der Waals surface area (Å²) < 4.78 is 9.99. The topological polar surface area (TPSA) is 93.7 Å². The Balaban J connectivity index is 1.70. The quantitative estimate of drug-likeness (QED) is 0.558. The molecule has 0 bridgehead atoms. The smallest absolute Gasteiger partial charge is 0.306 e. The average Bonchev–Trinajstić information content (AvgIpc) is 3.16. The first kappa shape index (κ1) is 20.0. The number of nitrogens with one attached hydrogen (secondary N) is 2. The van der Waals surface area contributed by atoms with Gasteiger partial charge in [-0.25, -0.2) is 0 Å². The van der Waals surface area contributed by atoms with Crippen LogP contribution < -0.4 is 15.6 Å². The number of esters is 1. The lowest BCUT2D eigenvalue weighted by atomic mass is 10.0.